The van der Waals surface area contributed by atoms with E-state index in [1.807, 2.05) is 0 Å². The lowest BCUT2D eigenvalue weighted by molar-refractivity contribution is -0.140. The summed E-state index contributed by atoms with van der Waals surface area (Å²) in [5.41, 5.74) is 0.843. The lowest BCUT2D eigenvalue weighted by Crippen LogP contribution is -2.36. The van der Waals surface area contributed by atoms with Crippen molar-refractivity contribution in [3.05, 3.63) is 53.1 Å². The fourth-order valence-corrected chi connectivity index (χ4v) is 4.80. The molecule has 0 bridgehead atoms. The smallest absolute Gasteiger partial charge is 0.295 e. The lowest BCUT2D eigenvalue weighted by Gasteiger charge is -2.28. The van der Waals surface area contributed by atoms with Crippen molar-refractivity contribution in [1.29, 1.82) is 0 Å². The summed E-state index contributed by atoms with van der Waals surface area (Å²) in [6.07, 6.45) is 1.48. The Morgan fingerprint density at radius 2 is 1.83 bits per heavy atom. The van der Waals surface area contributed by atoms with Gasteiger partial charge in [-0.25, -0.2) is 0 Å². The van der Waals surface area contributed by atoms with Gasteiger partial charge in [-0.1, -0.05) is 0 Å². The summed E-state index contributed by atoms with van der Waals surface area (Å²) in [5, 5.41) is 11.4. The number of rotatable bonds is 6. The molecule has 2 aromatic rings. The second-order valence-electron chi connectivity index (χ2n) is 8.55. The van der Waals surface area contributed by atoms with Gasteiger partial charge in [-0.3, -0.25) is 9.59 Å². The molecule has 1 amide bonds. The Kier molecular flexibility index (Phi) is 6.25. The van der Waals surface area contributed by atoms with Crippen LogP contribution in [0.2, 0.25) is 0 Å². The Morgan fingerprint density at radius 3 is 2.54 bits per heavy atom. The van der Waals surface area contributed by atoms with Crippen LogP contribution in [0.4, 0.5) is 0 Å². The largest absolute Gasteiger partial charge is 0.507 e. The lowest BCUT2D eigenvalue weighted by atomic mass is 9.94. The molecule has 35 heavy (non-hydrogen) atoms. The number of hydrogen-bond donors (Lipinski definition) is 1. The highest BCUT2D eigenvalue weighted by Gasteiger charge is 2.48. The average molecular weight is 482 g/mol. The predicted octanol–water partition coefficient (Wildman–Crippen LogP) is 3.08. The zero-order valence-corrected chi connectivity index (χ0v) is 19.6. The van der Waals surface area contributed by atoms with E-state index in [0.717, 1.165) is 12.8 Å². The van der Waals surface area contributed by atoms with Gasteiger partial charge in [0.1, 0.15) is 30.5 Å². The van der Waals surface area contributed by atoms with E-state index in [9.17, 15) is 14.7 Å². The minimum Gasteiger partial charge on any atom is -0.507 e. The summed E-state index contributed by atoms with van der Waals surface area (Å²) in [4.78, 5) is 28.1. The van der Waals surface area contributed by atoms with Crippen molar-refractivity contribution in [2.45, 2.75) is 25.0 Å². The van der Waals surface area contributed by atoms with E-state index >= 15 is 0 Å². The number of carbonyl (C=O) groups excluding carboxylic acids is 2. The third kappa shape index (κ3) is 4.16. The van der Waals surface area contributed by atoms with Crippen molar-refractivity contribution in [2.24, 2.45) is 0 Å². The SMILES string of the molecule is COc1ccc(OC)c(C2C(=C(O)c3ccc4c(c3)OCCO4)C(=O)C(=O)N2CC2CCCO2)c1. The molecule has 3 heterocycles. The fraction of sp³-hybridized carbons (Fsp3) is 0.385. The number of hydrogen-bond acceptors (Lipinski definition) is 8. The molecule has 0 aromatic heterocycles. The molecule has 2 unspecified atom stereocenters. The van der Waals surface area contributed by atoms with Gasteiger partial charge in [0.2, 0.25) is 0 Å². The van der Waals surface area contributed by atoms with E-state index in [1.54, 1.807) is 36.4 Å². The van der Waals surface area contributed by atoms with Gasteiger partial charge in [0, 0.05) is 24.3 Å². The van der Waals surface area contributed by atoms with Crippen LogP contribution in [0.15, 0.2) is 42.0 Å². The minimum absolute atomic E-state index is 0.0313. The summed E-state index contributed by atoms with van der Waals surface area (Å²) in [7, 11) is 3.04. The number of benzene rings is 2. The molecule has 1 N–H and O–H groups in total. The zero-order valence-electron chi connectivity index (χ0n) is 19.6. The molecule has 0 radical (unpaired) electrons. The van der Waals surface area contributed by atoms with Crippen LogP contribution in [-0.4, -0.2) is 68.4 Å². The number of Topliss-reactive ketones (excluding diaryl/α,β-unsaturated/α-hetero) is 1. The van der Waals surface area contributed by atoms with Crippen LogP contribution in [0, 0.1) is 0 Å². The normalized spacial score (nSPS) is 23.0. The molecule has 2 atom stereocenters. The van der Waals surface area contributed by atoms with E-state index in [4.69, 9.17) is 23.7 Å². The monoisotopic (exact) mass is 481 g/mol. The maximum Gasteiger partial charge on any atom is 0.295 e. The molecule has 2 saturated heterocycles. The maximum atomic E-state index is 13.4. The molecular weight excluding hydrogens is 454 g/mol. The number of carbonyl (C=O) groups is 2. The van der Waals surface area contributed by atoms with Crippen LogP contribution in [0.3, 0.4) is 0 Å². The molecule has 9 nitrogen and oxygen atoms in total. The third-order valence-electron chi connectivity index (χ3n) is 6.51. The van der Waals surface area contributed by atoms with Crippen molar-refractivity contribution >= 4 is 17.4 Å². The van der Waals surface area contributed by atoms with Gasteiger partial charge in [0.25, 0.3) is 11.7 Å². The molecule has 9 heteroatoms. The topological polar surface area (TPSA) is 104 Å². The van der Waals surface area contributed by atoms with Gasteiger partial charge in [0.15, 0.2) is 11.5 Å². The van der Waals surface area contributed by atoms with Crippen LogP contribution in [0.25, 0.3) is 5.76 Å². The first-order valence-electron chi connectivity index (χ1n) is 11.5. The number of likely N-dealkylation sites (tertiary alicyclic amines) is 1. The average Bonchev–Trinajstić information content (AvgIpc) is 3.50. The fourth-order valence-electron chi connectivity index (χ4n) is 4.80. The Labute approximate surface area is 202 Å². The number of aliphatic hydroxyl groups excluding tert-OH is 1. The second-order valence-corrected chi connectivity index (χ2v) is 8.55. The molecular formula is C26H27NO8. The Bertz CT molecular complexity index is 1180. The minimum atomic E-state index is -0.891. The van der Waals surface area contributed by atoms with Crippen molar-refractivity contribution < 1.29 is 38.4 Å². The van der Waals surface area contributed by atoms with E-state index in [1.165, 1.54) is 19.1 Å². The zero-order chi connectivity index (χ0) is 24.5. The van der Waals surface area contributed by atoms with E-state index < -0.39 is 17.7 Å². The number of ether oxygens (including phenoxy) is 5. The summed E-state index contributed by atoms with van der Waals surface area (Å²) < 4.78 is 27.9. The van der Waals surface area contributed by atoms with Crippen molar-refractivity contribution in [1.82, 2.24) is 4.90 Å². The number of amides is 1. The summed E-state index contributed by atoms with van der Waals surface area (Å²) in [6.45, 7) is 1.64. The first kappa shape index (κ1) is 23.0. The van der Waals surface area contributed by atoms with Gasteiger partial charge < -0.3 is 33.7 Å². The number of fused-ring (bicyclic) bond motifs is 1. The quantitative estimate of drug-likeness (QED) is 0.382. The molecule has 2 fully saturated rings. The highest BCUT2D eigenvalue weighted by molar-refractivity contribution is 6.46. The summed E-state index contributed by atoms with van der Waals surface area (Å²) in [6, 6.07) is 9.19. The molecule has 3 aliphatic heterocycles. The first-order valence-corrected chi connectivity index (χ1v) is 11.5. The number of methoxy groups -OCH3 is 2. The molecule has 0 spiro atoms. The Morgan fingerprint density at radius 1 is 1.03 bits per heavy atom. The van der Waals surface area contributed by atoms with Gasteiger partial charge in [0.05, 0.1) is 31.9 Å². The first-order chi connectivity index (χ1) is 17.0. The Hall–Kier alpha value is -3.72. The Balaban J connectivity index is 1.66. The van der Waals surface area contributed by atoms with E-state index in [2.05, 4.69) is 0 Å². The van der Waals surface area contributed by atoms with Gasteiger partial charge in [-0.05, 0) is 49.2 Å². The highest BCUT2D eigenvalue weighted by Crippen LogP contribution is 2.45. The number of ketones is 1. The highest BCUT2D eigenvalue weighted by atomic mass is 16.6. The van der Waals surface area contributed by atoms with Crippen LogP contribution in [0.5, 0.6) is 23.0 Å². The summed E-state index contributed by atoms with van der Waals surface area (Å²) in [5.74, 6) is 0.234. The molecule has 2 aromatic carbocycles. The number of aliphatic hydroxyl groups is 1. The summed E-state index contributed by atoms with van der Waals surface area (Å²) >= 11 is 0. The van der Waals surface area contributed by atoms with Gasteiger partial charge in [-0.15, -0.1) is 0 Å². The van der Waals surface area contributed by atoms with Crippen LogP contribution in [0.1, 0.15) is 30.0 Å². The van der Waals surface area contributed by atoms with Crippen molar-refractivity contribution in [2.75, 3.05) is 40.6 Å². The standard InChI is InChI=1S/C26H27NO8/c1-31-16-6-8-19(32-2)18(13-16)23-22(25(29)26(30)27(23)14-17-4-3-9-33-17)24(28)15-5-7-20-21(12-15)35-11-10-34-20/h5-8,12-13,17,23,28H,3-4,9-11,14H2,1-2H3. The van der Waals surface area contributed by atoms with E-state index in [0.29, 0.717) is 53.9 Å². The van der Waals surface area contributed by atoms with Crippen LogP contribution < -0.4 is 18.9 Å². The molecule has 5 rings (SSSR count). The molecule has 0 saturated carbocycles. The molecule has 3 aliphatic rings. The van der Waals surface area contributed by atoms with Crippen LogP contribution in [-0.2, 0) is 14.3 Å². The molecule has 184 valence electrons. The van der Waals surface area contributed by atoms with Gasteiger partial charge in [-0.2, -0.15) is 0 Å². The second kappa shape index (κ2) is 9.50. The molecule has 0 aliphatic carbocycles. The predicted molar refractivity (Wildman–Crippen MR) is 125 cm³/mol. The van der Waals surface area contributed by atoms with Gasteiger partial charge >= 0.3 is 0 Å². The van der Waals surface area contributed by atoms with E-state index in [-0.39, 0.29) is 24.0 Å². The van der Waals surface area contributed by atoms with Crippen LogP contribution >= 0.6 is 0 Å². The third-order valence-corrected chi connectivity index (χ3v) is 6.51. The van der Waals surface area contributed by atoms with Crippen molar-refractivity contribution in [3.63, 3.8) is 0 Å². The maximum absolute atomic E-state index is 13.4. The van der Waals surface area contributed by atoms with Crippen molar-refractivity contribution in [3.8, 4) is 23.0 Å². The number of nitrogens with zero attached hydrogens (tertiary/aromatic N) is 1.